The minimum atomic E-state index is -5.07. The Morgan fingerprint density at radius 1 is 0.915 bits per heavy atom. The number of rotatable bonds is 11. The lowest BCUT2D eigenvalue weighted by molar-refractivity contribution is -0.0580. The minimum Gasteiger partial charge on any atom is -0.387 e. The molecule has 6 rings (SSSR count). The van der Waals surface area contributed by atoms with Crippen LogP contribution in [0.2, 0.25) is 0 Å². The van der Waals surface area contributed by atoms with Gasteiger partial charge in [0.05, 0.1) is 25.9 Å². The van der Waals surface area contributed by atoms with Crippen LogP contribution in [0.25, 0.3) is 22.3 Å². The van der Waals surface area contributed by atoms with Gasteiger partial charge in [0.1, 0.15) is 48.5 Å². The second-order valence-corrected chi connectivity index (χ2v) is 13.9. The molecule has 4 aromatic heterocycles. The van der Waals surface area contributed by atoms with Gasteiger partial charge in [-0.2, -0.15) is 4.98 Å². The average Bonchev–Trinajstić information content (AvgIpc) is 3.75. The maximum Gasteiger partial charge on any atom is 0.472 e. The monoisotopic (exact) mass is 704 g/mol. The van der Waals surface area contributed by atoms with Crippen LogP contribution in [0.4, 0.5) is 11.8 Å². The van der Waals surface area contributed by atoms with Crippen molar-refractivity contribution in [2.24, 2.45) is 0 Å². The van der Waals surface area contributed by atoms with E-state index in [1.807, 2.05) is 0 Å². The van der Waals surface area contributed by atoms with Crippen molar-refractivity contribution in [3.05, 3.63) is 29.3 Å². The minimum absolute atomic E-state index is 0.0470. The third-order valence-corrected chi connectivity index (χ3v) is 9.03. The van der Waals surface area contributed by atoms with Crippen LogP contribution < -0.4 is 17.0 Å². The van der Waals surface area contributed by atoms with Gasteiger partial charge in [-0.15, -0.1) is 0 Å². The Hall–Kier alpha value is -3.44. The van der Waals surface area contributed by atoms with E-state index < -0.39 is 83.3 Å². The molecule has 2 aliphatic rings. The Morgan fingerprint density at radius 3 is 2.28 bits per heavy atom. The summed E-state index contributed by atoms with van der Waals surface area (Å²) in [5.74, 6) is -0.154. The van der Waals surface area contributed by atoms with E-state index in [-0.39, 0.29) is 34.1 Å². The smallest absolute Gasteiger partial charge is 0.387 e. The molecule has 0 spiro atoms. The highest BCUT2D eigenvalue weighted by atomic mass is 31.2. The summed E-state index contributed by atoms with van der Waals surface area (Å²) in [6, 6.07) is 0. The molecule has 0 amide bonds. The molecule has 0 bridgehead atoms. The number of anilines is 2. The maximum atomic E-state index is 13.3. The molecule has 256 valence electrons. The number of methoxy groups -OCH3 is 1. The van der Waals surface area contributed by atoms with Crippen molar-refractivity contribution in [2.45, 2.75) is 49.1 Å². The Kier molecular flexibility index (Phi) is 8.93. The van der Waals surface area contributed by atoms with Gasteiger partial charge in [-0.1, -0.05) is 0 Å². The van der Waals surface area contributed by atoms with Gasteiger partial charge in [0.2, 0.25) is 5.95 Å². The van der Waals surface area contributed by atoms with E-state index in [4.69, 9.17) is 39.2 Å². The number of nitrogens with one attached hydrogen (secondary N) is 1. The van der Waals surface area contributed by atoms with E-state index in [0.29, 0.717) is 0 Å². The first kappa shape index (κ1) is 33.5. The van der Waals surface area contributed by atoms with Gasteiger partial charge < -0.3 is 50.2 Å². The van der Waals surface area contributed by atoms with Crippen molar-refractivity contribution in [3.63, 3.8) is 0 Å². The predicted molar refractivity (Wildman–Crippen MR) is 155 cm³/mol. The van der Waals surface area contributed by atoms with Crippen molar-refractivity contribution in [2.75, 3.05) is 38.5 Å². The number of aliphatic hydroxyl groups is 2. The molecule has 2 fully saturated rings. The number of nitrogen functional groups attached to an aromatic ring is 2. The SMILES string of the molecule is CO[C@@H]1[C@H](OP(=O)(O)OC[C@H]2O[C@@H](n3cnc4c(=O)[nH]c(N)nc43)[C@H](O)[C@@H]2O)C(COP(C)(=O)O)O[C@H]1n1cnc2c(N)ncnc21. The summed E-state index contributed by atoms with van der Waals surface area (Å²) in [7, 11) is -7.84. The highest BCUT2D eigenvalue weighted by Gasteiger charge is 2.52. The lowest BCUT2D eigenvalue weighted by Crippen LogP contribution is -2.37. The molecular weight excluding hydrogens is 674 g/mol. The molecule has 2 aliphatic heterocycles. The third-order valence-electron chi connectivity index (χ3n) is 7.42. The van der Waals surface area contributed by atoms with Gasteiger partial charge in [0.15, 0.2) is 35.1 Å². The normalized spacial score (nSPS) is 30.6. The first-order chi connectivity index (χ1) is 22.2. The predicted octanol–water partition coefficient (Wildman–Crippen LogP) is -2.01. The number of aromatic nitrogens is 8. The van der Waals surface area contributed by atoms with Gasteiger partial charge in [0, 0.05) is 13.8 Å². The molecule has 25 heteroatoms. The number of aliphatic hydroxyl groups excluding tert-OH is 2. The number of nitrogens with two attached hydrogens (primary N) is 2. The van der Waals surface area contributed by atoms with Gasteiger partial charge in [-0.3, -0.25) is 32.5 Å². The molecule has 4 aromatic rings. The Labute approximate surface area is 262 Å². The van der Waals surface area contributed by atoms with Crippen LogP contribution in [0.5, 0.6) is 0 Å². The summed E-state index contributed by atoms with van der Waals surface area (Å²) in [5, 5.41) is 21.3. The molecule has 0 saturated carbocycles. The molecule has 10 atom stereocenters. The molecule has 9 N–H and O–H groups in total. The number of fused-ring (bicyclic) bond motifs is 2. The molecule has 0 aliphatic carbocycles. The number of hydrogen-bond acceptors (Lipinski definition) is 18. The summed E-state index contributed by atoms with van der Waals surface area (Å²) < 4.78 is 60.7. The number of imidazole rings is 2. The quantitative estimate of drug-likeness (QED) is 0.0829. The van der Waals surface area contributed by atoms with E-state index in [0.717, 1.165) is 13.0 Å². The number of ether oxygens (including phenoxy) is 3. The van der Waals surface area contributed by atoms with Gasteiger partial charge >= 0.3 is 15.4 Å². The molecule has 23 nitrogen and oxygen atoms in total. The molecule has 2 saturated heterocycles. The lowest BCUT2D eigenvalue weighted by atomic mass is 10.1. The zero-order valence-electron chi connectivity index (χ0n) is 24.4. The third kappa shape index (κ3) is 6.53. The molecular formula is C22H30N10O13P2. The van der Waals surface area contributed by atoms with Crippen molar-refractivity contribution in [1.82, 2.24) is 39.0 Å². The van der Waals surface area contributed by atoms with E-state index in [9.17, 15) is 33.9 Å². The second-order valence-electron chi connectivity index (χ2n) is 10.6. The average molecular weight is 704 g/mol. The number of phosphoric ester groups is 1. The second kappa shape index (κ2) is 12.5. The van der Waals surface area contributed by atoms with Crippen LogP contribution in [0, 0.1) is 0 Å². The Bertz CT molecular complexity index is 1930. The Morgan fingerprint density at radius 2 is 1.57 bits per heavy atom. The van der Waals surface area contributed by atoms with Crippen molar-refractivity contribution >= 4 is 49.5 Å². The Balaban J connectivity index is 1.20. The zero-order valence-corrected chi connectivity index (χ0v) is 26.2. The van der Waals surface area contributed by atoms with Gasteiger partial charge in [-0.05, 0) is 0 Å². The summed E-state index contributed by atoms with van der Waals surface area (Å²) in [6.07, 6.45) is -7.35. The largest absolute Gasteiger partial charge is 0.472 e. The number of phosphoric acid groups is 1. The van der Waals surface area contributed by atoms with Crippen LogP contribution >= 0.6 is 15.4 Å². The van der Waals surface area contributed by atoms with E-state index in [2.05, 4.69) is 29.9 Å². The van der Waals surface area contributed by atoms with Crippen LogP contribution in [-0.2, 0) is 36.9 Å². The summed E-state index contributed by atoms with van der Waals surface area (Å²) in [6.45, 7) is -0.408. The van der Waals surface area contributed by atoms with E-state index in [1.54, 1.807) is 0 Å². The maximum absolute atomic E-state index is 13.3. The molecule has 0 aromatic carbocycles. The topological polar surface area (TPSA) is 330 Å². The van der Waals surface area contributed by atoms with Crippen molar-refractivity contribution < 1.29 is 56.9 Å². The fourth-order valence-corrected chi connectivity index (χ4v) is 6.67. The molecule has 3 unspecified atom stereocenters. The number of nitrogens with zero attached hydrogens (tertiary/aromatic N) is 7. The van der Waals surface area contributed by atoms with E-state index >= 15 is 0 Å². The lowest BCUT2D eigenvalue weighted by Gasteiger charge is -2.26. The summed E-state index contributed by atoms with van der Waals surface area (Å²) in [5.41, 5.74) is 11.2. The van der Waals surface area contributed by atoms with Crippen molar-refractivity contribution in [3.8, 4) is 0 Å². The van der Waals surface area contributed by atoms with Crippen LogP contribution in [0.3, 0.4) is 0 Å². The first-order valence-electron chi connectivity index (χ1n) is 13.6. The standard InChI is InChI=1S/C22H30N10O13P2/c1-40-15-14(9(4-41-46(2,36)37)44-21(15)31-6-27-10-16(23)25-5-26-17(10)31)45-47(38,39)42-3-8-12(33)13(34)20(43-8)32-7-28-11-18(32)29-22(24)30-19(11)35/h5-9,12-15,20-21,33-34H,3-4H2,1-2H3,(H,36,37)(H,38,39)(H2,23,25,26)(H3,24,29,30,35)/t8-,9?,12-,13-,14-,15-,20-,21-/m1/s1. The summed E-state index contributed by atoms with van der Waals surface area (Å²) in [4.78, 5) is 55.0. The highest BCUT2D eigenvalue weighted by molar-refractivity contribution is 7.51. The zero-order chi connectivity index (χ0) is 33.8. The molecule has 6 heterocycles. The fraction of sp³-hybridized carbons (Fsp3) is 0.545. The number of H-pyrrole nitrogens is 1. The molecule has 47 heavy (non-hydrogen) atoms. The van der Waals surface area contributed by atoms with Crippen molar-refractivity contribution in [1.29, 1.82) is 0 Å². The summed E-state index contributed by atoms with van der Waals surface area (Å²) >= 11 is 0. The van der Waals surface area contributed by atoms with E-state index in [1.165, 1.54) is 28.9 Å². The van der Waals surface area contributed by atoms with Crippen LogP contribution in [0.15, 0.2) is 23.8 Å². The number of aromatic amines is 1. The molecule has 0 radical (unpaired) electrons. The first-order valence-corrected chi connectivity index (χ1v) is 17.1. The number of hydrogen-bond donors (Lipinski definition) is 7. The van der Waals surface area contributed by atoms with Crippen LogP contribution in [-0.4, -0.2) is 123 Å². The van der Waals surface area contributed by atoms with Gasteiger partial charge in [0.25, 0.3) is 5.56 Å². The highest BCUT2D eigenvalue weighted by Crippen LogP contribution is 2.50. The van der Waals surface area contributed by atoms with Gasteiger partial charge in [-0.25, -0.2) is 24.5 Å². The van der Waals surface area contributed by atoms with Crippen LogP contribution in [0.1, 0.15) is 12.5 Å². The fourth-order valence-electron chi connectivity index (χ4n) is 5.29.